The monoisotopic (exact) mass is 282 g/mol. The highest BCUT2D eigenvalue weighted by Crippen LogP contribution is 2.37. The quantitative estimate of drug-likeness (QED) is 0.857. The molecule has 3 nitrogen and oxygen atoms in total. The Labute approximate surface area is 116 Å². The number of carbonyl (C=O) groups is 1. The smallest absolute Gasteiger partial charge is 0.255 e. The van der Waals surface area contributed by atoms with Crippen molar-refractivity contribution < 1.29 is 9.18 Å². The van der Waals surface area contributed by atoms with Crippen molar-refractivity contribution >= 4 is 17.5 Å². The van der Waals surface area contributed by atoms with Crippen LogP contribution in [0.3, 0.4) is 0 Å². The van der Waals surface area contributed by atoms with Gasteiger partial charge in [0.15, 0.2) is 0 Å². The van der Waals surface area contributed by atoms with Gasteiger partial charge in [0.2, 0.25) is 0 Å². The highest BCUT2D eigenvalue weighted by Gasteiger charge is 2.42. The number of rotatable bonds is 1. The number of halogens is 2. The molecular formula is C14H16ClFN2O. The van der Waals surface area contributed by atoms with Gasteiger partial charge < -0.3 is 10.2 Å². The minimum Gasteiger partial charge on any atom is -0.338 e. The van der Waals surface area contributed by atoms with E-state index in [-0.39, 0.29) is 16.3 Å². The Morgan fingerprint density at radius 2 is 2.26 bits per heavy atom. The summed E-state index contributed by atoms with van der Waals surface area (Å²) in [5.41, 5.74) is 0.633. The van der Waals surface area contributed by atoms with E-state index in [0.29, 0.717) is 5.56 Å². The normalized spacial score (nSPS) is 26.3. The lowest BCUT2D eigenvalue weighted by atomic mass is 9.86. The van der Waals surface area contributed by atoms with E-state index >= 15 is 0 Å². The van der Waals surface area contributed by atoms with Crippen molar-refractivity contribution in [3.05, 3.63) is 34.6 Å². The lowest BCUT2D eigenvalue weighted by Crippen LogP contribution is -2.33. The number of hydrogen-bond donors (Lipinski definition) is 1. The van der Waals surface area contributed by atoms with Crippen LogP contribution in [0.4, 0.5) is 4.39 Å². The summed E-state index contributed by atoms with van der Waals surface area (Å²) < 4.78 is 13.0. The van der Waals surface area contributed by atoms with Crippen LogP contribution >= 0.6 is 11.6 Å². The number of benzene rings is 1. The molecule has 1 unspecified atom stereocenters. The molecule has 102 valence electrons. The van der Waals surface area contributed by atoms with E-state index in [9.17, 15) is 9.18 Å². The van der Waals surface area contributed by atoms with Gasteiger partial charge in [-0.2, -0.15) is 0 Å². The van der Waals surface area contributed by atoms with Gasteiger partial charge in [-0.1, -0.05) is 11.6 Å². The standard InChI is InChI=1S/C14H16ClFN2O/c15-12-7-10(16)1-2-11(12)13(19)18-6-4-14(9-18)3-5-17-8-14/h1-2,7,17H,3-6,8-9H2. The average Bonchev–Trinajstić information content (AvgIpc) is 3.00. The third kappa shape index (κ3) is 2.35. The first-order chi connectivity index (χ1) is 9.10. The fraction of sp³-hybridized carbons (Fsp3) is 0.500. The fourth-order valence-electron chi connectivity index (χ4n) is 3.09. The van der Waals surface area contributed by atoms with E-state index < -0.39 is 5.82 Å². The molecule has 0 radical (unpaired) electrons. The second-order valence-electron chi connectivity index (χ2n) is 5.53. The van der Waals surface area contributed by atoms with Crippen molar-refractivity contribution in [3.63, 3.8) is 0 Å². The fourth-order valence-corrected chi connectivity index (χ4v) is 3.33. The highest BCUT2D eigenvalue weighted by molar-refractivity contribution is 6.33. The van der Waals surface area contributed by atoms with Gasteiger partial charge in [-0.3, -0.25) is 4.79 Å². The summed E-state index contributed by atoms with van der Waals surface area (Å²) >= 11 is 5.95. The van der Waals surface area contributed by atoms with E-state index in [0.717, 1.165) is 39.0 Å². The molecule has 3 rings (SSSR count). The number of nitrogens with one attached hydrogen (secondary N) is 1. The van der Waals surface area contributed by atoms with Crippen molar-refractivity contribution in [1.82, 2.24) is 10.2 Å². The van der Waals surface area contributed by atoms with Crippen molar-refractivity contribution in [2.24, 2.45) is 5.41 Å². The van der Waals surface area contributed by atoms with Crippen LogP contribution in [-0.2, 0) is 0 Å². The zero-order valence-electron chi connectivity index (χ0n) is 10.6. The topological polar surface area (TPSA) is 32.3 Å². The van der Waals surface area contributed by atoms with Crippen LogP contribution in [0, 0.1) is 11.2 Å². The molecule has 0 aliphatic carbocycles. The van der Waals surface area contributed by atoms with E-state index in [1.54, 1.807) is 0 Å². The first-order valence-corrected chi connectivity index (χ1v) is 6.93. The van der Waals surface area contributed by atoms with Gasteiger partial charge in [-0.15, -0.1) is 0 Å². The summed E-state index contributed by atoms with van der Waals surface area (Å²) in [5, 5.41) is 3.55. The van der Waals surface area contributed by atoms with Crippen LogP contribution in [-0.4, -0.2) is 37.0 Å². The molecule has 1 aromatic rings. The van der Waals surface area contributed by atoms with Gasteiger partial charge in [-0.05, 0) is 37.6 Å². The number of carbonyl (C=O) groups excluding carboxylic acids is 1. The molecule has 1 spiro atoms. The average molecular weight is 283 g/mol. The van der Waals surface area contributed by atoms with Crippen LogP contribution in [0.15, 0.2) is 18.2 Å². The maximum absolute atomic E-state index is 13.0. The molecular weight excluding hydrogens is 267 g/mol. The Balaban J connectivity index is 1.78. The van der Waals surface area contributed by atoms with E-state index in [1.165, 1.54) is 18.2 Å². The van der Waals surface area contributed by atoms with Crippen LogP contribution in [0.2, 0.25) is 5.02 Å². The minimum absolute atomic E-state index is 0.0891. The van der Waals surface area contributed by atoms with Crippen LogP contribution in [0.25, 0.3) is 0 Å². The van der Waals surface area contributed by atoms with Crippen molar-refractivity contribution in [2.45, 2.75) is 12.8 Å². The molecule has 0 aromatic heterocycles. The molecule has 2 fully saturated rings. The minimum atomic E-state index is -0.417. The predicted octanol–water partition coefficient (Wildman–Crippen LogP) is 2.30. The third-order valence-corrected chi connectivity index (χ3v) is 4.53. The second kappa shape index (κ2) is 4.76. The molecule has 2 aliphatic heterocycles. The van der Waals surface area contributed by atoms with E-state index in [1.807, 2.05) is 4.90 Å². The largest absolute Gasteiger partial charge is 0.338 e. The first-order valence-electron chi connectivity index (χ1n) is 6.55. The summed E-state index contributed by atoms with van der Waals surface area (Å²) in [7, 11) is 0. The summed E-state index contributed by atoms with van der Waals surface area (Å²) in [6.45, 7) is 3.54. The number of hydrogen-bond acceptors (Lipinski definition) is 2. The lowest BCUT2D eigenvalue weighted by molar-refractivity contribution is 0.0776. The molecule has 0 saturated carbocycles. The Hall–Kier alpha value is -1.13. The maximum atomic E-state index is 13.0. The first kappa shape index (κ1) is 12.9. The Morgan fingerprint density at radius 3 is 2.95 bits per heavy atom. The zero-order chi connectivity index (χ0) is 13.5. The summed E-state index contributed by atoms with van der Waals surface area (Å²) in [4.78, 5) is 14.3. The molecule has 1 N–H and O–H groups in total. The lowest BCUT2D eigenvalue weighted by Gasteiger charge is -2.23. The molecule has 1 aromatic carbocycles. The molecule has 5 heteroatoms. The number of nitrogens with zero attached hydrogens (tertiary/aromatic N) is 1. The number of likely N-dealkylation sites (tertiary alicyclic amines) is 1. The highest BCUT2D eigenvalue weighted by atomic mass is 35.5. The zero-order valence-corrected chi connectivity index (χ0v) is 11.3. The molecule has 19 heavy (non-hydrogen) atoms. The van der Waals surface area contributed by atoms with Gasteiger partial charge in [0.25, 0.3) is 5.91 Å². The van der Waals surface area contributed by atoms with Gasteiger partial charge >= 0.3 is 0 Å². The van der Waals surface area contributed by atoms with Crippen LogP contribution < -0.4 is 5.32 Å². The summed E-state index contributed by atoms with van der Waals surface area (Å²) in [6.07, 6.45) is 2.15. The third-order valence-electron chi connectivity index (χ3n) is 4.22. The van der Waals surface area contributed by atoms with E-state index in [2.05, 4.69) is 5.32 Å². The molecule has 2 aliphatic rings. The predicted molar refractivity (Wildman–Crippen MR) is 71.9 cm³/mol. The molecule has 2 saturated heterocycles. The van der Waals surface area contributed by atoms with Crippen molar-refractivity contribution in [1.29, 1.82) is 0 Å². The van der Waals surface area contributed by atoms with Gasteiger partial charge in [0.05, 0.1) is 10.6 Å². The Morgan fingerprint density at radius 1 is 1.42 bits per heavy atom. The second-order valence-corrected chi connectivity index (χ2v) is 5.93. The molecule has 0 bridgehead atoms. The van der Waals surface area contributed by atoms with Gasteiger partial charge in [0, 0.05) is 25.0 Å². The number of amides is 1. The van der Waals surface area contributed by atoms with E-state index in [4.69, 9.17) is 11.6 Å². The SMILES string of the molecule is O=C(c1ccc(F)cc1Cl)N1CCC2(CCNC2)C1. The van der Waals surface area contributed by atoms with Crippen LogP contribution in [0.1, 0.15) is 23.2 Å². The Kier molecular flexibility index (Phi) is 3.23. The molecule has 1 atom stereocenters. The molecule has 2 heterocycles. The molecule has 1 amide bonds. The van der Waals surface area contributed by atoms with Crippen LogP contribution in [0.5, 0.6) is 0 Å². The van der Waals surface area contributed by atoms with Crippen molar-refractivity contribution in [2.75, 3.05) is 26.2 Å². The maximum Gasteiger partial charge on any atom is 0.255 e. The van der Waals surface area contributed by atoms with Gasteiger partial charge in [0.1, 0.15) is 5.82 Å². The van der Waals surface area contributed by atoms with Crippen molar-refractivity contribution in [3.8, 4) is 0 Å². The summed E-state index contributed by atoms with van der Waals surface area (Å²) in [5.74, 6) is -0.506. The summed E-state index contributed by atoms with van der Waals surface area (Å²) in [6, 6.07) is 3.94. The Bertz CT molecular complexity index is 514. The van der Waals surface area contributed by atoms with Gasteiger partial charge in [-0.25, -0.2) is 4.39 Å².